The molecular formula is C16H13BrClN3. The highest BCUT2D eigenvalue weighted by Gasteiger charge is 2.09. The largest absolute Gasteiger partial charge is 0.396 e. The van der Waals surface area contributed by atoms with E-state index in [0.717, 1.165) is 32.3 Å². The van der Waals surface area contributed by atoms with Gasteiger partial charge in [0.05, 0.1) is 22.6 Å². The lowest BCUT2D eigenvalue weighted by Gasteiger charge is -2.14. The third-order valence-corrected chi connectivity index (χ3v) is 4.41. The molecule has 106 valence electrons. The summed E-state index contributed by atoms with van der Waals surface area (Å²) in [5, 5.41) is 4.95. The van der Waals surface area contributed by atoms with E-state index in [9.17, 15) is 0 Å². The van der Waals surface area contributed by atoms with Crippen LogP contribution in [0.1, 0.15) is 5.56 Å². The van der Waals surface area contributed by atoms with Gasteiger partial charge in [-0.05, 0) is 64.8 Å². The standard InChI is InChI=1S/C16H13BrClN3/c1-9-7-11(17)15(8-12(9)18)21-14-5-4-13-10(16(14)19)3-2-6-20-13/h2-8,21H,19H2,1H3. The van der Waals surface area contributed by atoms with Crippen LogP contribution in [0.25, 0.3) is 10.9 Å². The van der Waals surface area contributed by atoms with Crippen molar-refractivity contribution < 1.29 is 0 Å². The third kappa shape index (κ3) is 2.69. The average Bonchev–Trinajstić information content (AvgIpc) is 2.48. The van der Waals surface area contributed by atoms with Gasteiger partial charge in [-0.25, -0.2) is 0 Å². The SMILES string of the molecule is Cc1cc(Br)c(Nc2ccc3ncccc3c2N)cc1Cl. The monoisotopic (exact) mass is 361 g/mol. The van der Waals surface area contributed by atoms with Crippen molar-refractivity contribution in [2.75, 3.05) is 11.1 Å². The summed E-state index contributed by atoms with van der Waals surface area (Å²) in [6.45, 7) is 1.97. The number of halogens is 2. The minimum atomic E-state index is 0.671. The van der Waals surface area contributed by atoms with Gasteiger partial charge < -0.3 is 11.1 Å². The number of nitrogens with zero attached hydrogens (tertiary/aromatic N) is 1. The van der Waals surface area contributed by atoms with Crippen LogP contribution in [0, 0.1) is 6.92 Å². The molecule has 0 aliphatic heterocycles. The molecule has 3 rings (SSSR count). The lowest BCUT2D eigenvalue weighted by atomic mass is 10.1. The van der Waals surface area contributed by atoms with Crippen molar-refractivity contribution in [1.29, 1.82) is 0 Å². The molecule has 0 atom stereocenters. The zero-order valence-corrected chi connectivity index (χ0v) is 13.7. The Morgan fingerprint density at radius 2 is 2.00 bits per heavy atom. The van der Waals surface area contributed by atoms with Crippen LogP contribution in [0.5, 0.6) is 0 Å². The number of aromatic nitrogens is 1. The number of anilines is 3. The van der Waals surface area contributed by atoms with E-state index in [2.05, 4.69) is 26.2 Å². The van der Waals surface area contributed by atoms with Crippen molar-refractivity contribution in [1.82, 2.24) is 4.98 Å². The fraction of sp³-hybridized carbons (Fsp3) is 0.0625. The Labute approximate surface area is 136 Å². The molecule has 0 saturated carbocycles. The molecule has 0 aliphatic carbocycles. The Morgan fingerprint density at radius 1 is 1.19 bits per heavy atom. The van der Waals surface area contributed by atoms with Gasteiger partial charge in [0.25, 0.3) is 0 Å². The molecule has 0 aliphatic rings. The number of pyridine rings is 1. The number of nitrogens with one attached hydrogen (secondary N) is 1. The molecule has 0 bridgehead atoms. The fourth-order valence-corrected chi connectivity index (χ4v) is 2.89. The van der Waals surface area contributed by atoms with Crippen LogP contribution in [-0.2, 0) is 0 Å². The zero-order valence-electron chi connectivity index (χ0n) is 11.3. The van der Waals surface area contributed by atoms with Gasteiger partial charge in [0.1, 0.15) is 0 Å². The van der Waals surface area contributed by atoms with Crippen molar-refractivity contribution in [2.24, 2.45) is 0 Å². The molecular weight excluding hydrogens is 350 g/mol. The van der Waals surface area contributed by atoms with E-state index in [-0.39, 0.29) is 0 Å². The summed E-state index contributed by atoms with van der Waals surface area (Å²) >= 11 is 9.72. The third-order valence-electron chi connectivity index (χ3n) is 3.34. The molecule has 3 aromatic rings. The van der Waals surface area contributed by atoms with Crippen molar-refractivity contribution in [3.05, 3.63) is 57.7 Å². The van der Waals surface area contributed by atoms with Gasteiger partial charge in [0.2, 0.25) is 0 Å². The summed E-state index contributed by atoms with van der Waals surface area (Å²) in [7, 11) is 0. The predicted molar refractivity (Wildman–Crippen MR) is 93.3 cm³/mol. The Balaban J connectivity index is 2.06. The minimum Gasteiger partial charge on any atom is -0.396 e. The van der Waals surface area contributed by atoms with E-state index in [1.54, 1.807) is 6.20 Å². The quantitative estimate of drug-likeness (QED) is 0.609. The normalized spacial score (nSPS) is 10.8. The maximum absolute atomic E-state index is 6.23. The van der Waals surface area contributed by atoms with Crippen molar-refractivity contribution in [3.63, 3.8) is 0 Å². The average molecular weight is 363 g/mol. The number of benzene rings is 2. The van der Waals surface area contributed by atoms with Crippen molar-refractivity contribution in [3.8, 4) is 0 Å². The second kappa shape index (κ2) is 5.54. The number of nitrogen functional groups attached to an aromatic ring is 1. The van der Waals surface area contributed by atoms with Crippen molar-refractivity contribution >= 4 is 55.5 Å². The second-order valence-corrected chi connectivity index (χ2v) is 6.06. The van der Waals surface area contributed by atoms with Gasteiger partial charge in [-0.2, -0.15) is 0 Å². The van der Waals surface area contributed by atoms with Crippen LogP contribution >= 0.6 is 27.5 Å². The van der Waals surface area contributed by atoms with E-state index < -0.39 is 0 Å². The van der Waals surface area contributed by atoms with Gasteiger partial charge in [-0.1, -0.05) is 11.6 Å². The molecule has 0 fully saturated rings. The molecule has 3 N–H and O–H groups in total. The first-order chi connectivity index (χ1) is 10.1. The number of fused-ring (bicyclic) bond motifs is 1. The van der Waals surface area contributed by atoms with E-state index in [1.165, 1.54) is 0 Å². The highest BCUT2D eigenvalue weighted by Crippen LogP contribution is 2.35. The van der Waals surface area contributed by atoms with Crippen LogP contribution in [0.2, 0.25) is 5.02 Å². The first-order valence-corrected chi connectivity index (χ1v) is 7.59. The van der Waals surface area contributed by atoms with Gasteiger partial charge in [-0.15, -0.1) is 0 Å². The molecule has 0 radical (unpaired) electrons. The van der Waals surface area contributed by atoms with E-state index in [4.69, 9.17) is 17.3 Å². The minimum absolute atomic E-state index is 0.671. The number of rotatable bonds is 2. The number of hydrogen-bond donors (Lipinski definition) is 2. The van der Waals surface area contributed by atoms with Gasteiger partial charge >= 0.3 is 0 Å². The maximum atomic E-state index is 6.23. The summed E-state index contributed by atoms with van der Waals surface area (Å²) in [6.07, 6.45) is 1.76. The van der Waals surface area contributed by atoms with Gasteiger partial charge in [-0.3, -0.25) is 4.98 Å². The zero-order chi connectivity index (χ0) is 15.0. The summed E-state index contributed by atoms with van der Waals surface area (Å²) in [5.41, 5.74) is 10.5. The molecule has 1 heterocycles. The van der Waals surface area contributed by atoms with E-state index in [1.807, 2.05) is 43.3 Å². The smallest absolute Gasteiger partial charge is 0.0724 e. The summed E-state index contributed by atoms with van der Waals surface area (Å²) in [4.78, 5) is 4.30. The number of aryl methyl sites for hydroxylation is 1. The Hall–Kier alpha value is -1.78. The summed E-state index contributed by atoms with van der Waals surface area (Å²) in [5.74, 6) is 0. The first-order valence-electron chi connectivity index (χ1n) is 6.42. The molecule has 0 unspecified atom stereocenters. The molecule has 21 heavy (non-hydrogen) atoms. The van der Waals surface area contributed by atoms with Gasteiger partial charge in [0.15, 0.2) is 0 Å². The molecule has 0 saturated heterocycles. The Kier molecular flexibility index (Phi) is 3.74. The second-order valence-electron chi connectivity index (χ2n) is 4.80. The molecule has 0 amide bonds. The maximum Gasteiger partial charge on any atom is 0.0724 e. The van der Waals surface area contributed by atoms with Crippen LogP contribution in [0.3, 0.4) is 0 Å². The Morgan fingerprint density at radius 3 is 2.81 bits per heavy atom. The van der Waals surface area contributed by atoms with Crippen LogP contribution in [0.4, 0.5) is 17.1 Å². The molecule has 2 aromatic carbocycles. The lowest BCUT2D eigenvalue weighted by Crippen LogP contribution is -1.98. The predicted octanol–water partition coefficient (Wildman–Crippen LogP) is 5.28. The molecule has 1 aromatic heterocycles. The lowest BCUT2D eigenvalue weighted by molar-refractivity contribution is 1.41. The molecule has 5 heteroatoms. The summed E-state index contributed by atoms with van der Waals surface area (Å²) in [6, 6.07) is 11.6. The first kappa shape index (κ1) is 14.2. The van der Waals surface area contributed by atoms with E-state index >= 15 is 0 Å². The van der Waals surface area contributed by atoms with E-state index in [0.29, 0.717) is 10.7 Å². The van der Waals surface area contributed by atoms with Crippen LogP contribution < -0.4 is 11.1 Å². The topological polar surface area (TPSA) is 50.9 Å². The van der Waals surface area contributed by atoms with Gasteiger partial charge in [0, 0.05) is 21.1 Å². The van der Waals surface area contributed by atoms with Crippen molar-refractivity contribution in [2.45, 2.75) is 6.92 Å². The van der Waals surface area contributed by atoms with Crippen LogP contribution in [0.15, 0.2) is 47.1 Å². The molecule has 3 nitrogen and oxygen atoms in total. The number of nitrogens with two attached hydrogens (primary N) is 1. The summed E-state index contributed by atoms with van der Waals surface area (Å²) < 4.78 is 0.940. The molecule has 0 spiro atoms. The fourth-order valence-electron chi connectivity index (χ4n) is 2.17. The number of hydrogen-bond acceptors (Lipinski definition) is 3. The highest BCUT2D eigenvalue weighted by molar-refractivity contribution is 9.10. The Bertz CT molecular complexity index is 833. The highest BCUT2D eigenvalue weighted by atomic mass is 79.9. The van der Waals surface area contributed by atoms with Crippen LogP contribution in [-0.4, -0.2) is 4.98 Å².